The van der Waals surface area contributed by atoms with Crippen LogP contribution in [-0.2, 0) is 0 Å². The van der Waals surface area contributed by atoms with Crippen molar-refractivity contribution < 1.29 is 4.79 Å². The molecule has 0 aliphatic heterocycles. The molecule has 0 aromatic heterocycles. The SMILES string of the molecule is O=C([Te]c1ccccc1)c1ccccc1Br. The second kappa shape index (κ2) is 5.63. The Kier molecular flexibility index (Phi) is 4.17. The Morgan fingerprint density at radius 3 is 2.25 bits per heavy atom. The minimum absolute atomic E-state index is 0.268. The fourth-order valence-corrected chi connectivity index (χ4v) is 4.42. The fourth-order valence-electron chi connectivity index (χ4n) is 1.28. The van der Waals surface area contributed by atoms with Crippen LogP contribution in [0.15, 0.2) is 59.1 Å². The van der Waals surface area contributed by atoms with E-state index in [2.05, 4.69) is 15.9 Å². The molecule has 0 atom stereocenters. The molecule has 0 unspecified atom stereocenters. The number of carbonyl (C=O) groups excluding carboxylic acids is 1. The number of rotatable bonds is 3. The number of benzene rings is 2. The van der Waals surface area contributed by atoms with Crippen LogP contribution >= 0.6 is 15.9 Å². The van der Waals surface area contributed by atoms with Crippen molar-refractivity contribution in [1.29, 1.82) is 0 Å². The van der Waals surface area contributed by atoms with Crippen molar-refractivity contribution >= 4 is 44.3 Å². The maximum atomic E-state index is 12.1. The van der Waals surface area contributed by atoms with Gasteiger partial charge in [-0.2, -0.15) is 0 Å². The van der Waals surface area contributed by atoms with E-state index >= 15 is 0 Å². The molecule has 0 saturated heterocycles. The van der Waals surface area contributed by atoms with Gasteiger partial charge < -0.3 is 0 Å². The van der Waals surface area contributed by atoms with Crippen molar-refractivity contribution in [1.82, 2.24) is 0 Å². The average molecular weight is 389 g/mol. The first-order valence-electron chi connectivity index (χ1n) is 4.79. The van der Waals surface area contributed by atoms with Crippen molar-refractivity contribution in [2.24, 2.45) is 0 Å². The van der Waals surface area contributed by atoms with Crippen LogP contribution in [0, 0.1) is 0 Å². The van der Waals surface area contributed by atoms with E-state index in [0.717, 1.165) is 10.0 Å². The van der Waals surface area contributed by atoms with Gasteiger partial charge in [-0.3, -0.25) is 0 Å². The third kappa shape index (κ3) is 2.95. The first-order valence-corrected chi connectivity index (χ1v) is 7.91. The van der Waals surface area contributed by atoms with Crippen LogP contribution in [0.25, 0.3) is 0 Å². The summed E-state index contributed by atoms with van der Waals surface area (Å²) in [5.41, 5.74) is 0.800. The molecule has 2 aromatic carbocycles. The van der Waals surface area contributed by atoms with Crippen LogP contribution in [0.3, 0.4) is 0 Å². The molecule has 1 nitrogen and oxygen atoms in total. The third-order valence-corrected chi connectivity index (χ3v) is 5.35. The molecule has 2 rings (SSSR count). The van der Waals surface area contributed by atoms with Crippen molar-refractivity contribution in [3.05, 3.63) is 64.6 Å². The van der Waals surface area contributed by atoms with Crippen LogP contribution in [-0.4, -0.2) is 24.8 Å². The summed E-state index contributed by atoms with van der Waals surface area (Å²) in [6, 6.07) is 17.6. The van der Waals surface area contributed by atoms with Crippen molar-refractivity contribution in [2.75, 3.05) is 0 Å². The van der Waals surface area contributed by atoms with Crippen LogP contribution in [0.5, 0.6) is 0 Å². The number of halogens is 1. The summed E-state index contributed by atoms with van der Waals surface area (Å²) >= 11 is 2.62. The maximum absolute atomic E-state index is 12.1. The van der Waals surface area contributed by atoms with E-state index in [-0.39, 0.29) is 3.83 Å². The molecule has 0 spiro atoms. The number of hydrogen-bond donors (Lipinski definition) is 0. The van der Waals surface area contributed by atoms with Crippen molar-refractivity contribution in [2.45, 2.75) is 0 Å². The van der Waals surface area contributed by atoms with Gasteiger partial charge in [0.1, 0.15) is 0 Å². The number of hydrogen-bond acceptors (Lipinski definition) is 1. The van der Waals surface area contributed by atoms with Gasteiger partial charge in [0.15, 0.2) is 0 Å². The zero-order valence-electron chi connectivity index (χ0n) is 8.39. The normalized spacial score (nSPS) is 10.1. The molecule has 16 heavy (non-hydrogen) atoms. The fraction of sp³-hybridized carbons (Fsp3) is 0. The van der Waals surface area contributed by atoms with Gasteiger partial charge >= 0.3 is 114 Å². The predicted molar refractivity (Wildman–Crippen MR) is 70.3 cm³/mol. The first kappa shape index (κ1) is 11.9. The topological polar surface area (TPSA) is 17.1 Å². The molecular formula is C13H9BrOTe. The summed E-state index contributed by atoms with van der Waals surface area (Å²) in [6.07, 6.45) is 0. The predicted octanol–water partition coefficient (Wildman–Crippen LogP) is 2.62. The summed E-state index contributed by atoms with van der Waals surface area (Å²) in [5.74, 6) is 0. The summed E-state index contributed by atoms with van der Waals surface area (Å²) in [4.78, 5) is 12.1. The first-order chi connectivity index (χ1) is 7.77. The van der Waals surface area contributed by atoms with Crippen LogP contribution in [0.2, 0.25) is 0 Å². The van der Waals surface area contributed by atoms with Gasteiger partial charge in [0, 0.05) is 0 Å². The van der Waals surface area contributed by atoms with E-state index < -0.39 is 20.9 Å². The molecule has 0 bridgehead atoms. The standard InChI is InChI=1S/C13H9BrOTe/c14-12-9-5-4-8-11(12)13(15)16-10-6-2-1-3-7-10/h1-9H. The van der Waals surface area contributed by atoms with Crippen molar-refractivity contribution in [3.8, 4) is 0 Å². The molecule has 80 valence electrons. The molecule has 0 heterocycles. The van der Waals surface area contributed by atoms with Crippen LogP contribution in [0.1, 0.15) is 10.4 Å². The molecule has 0 aliphatic carbocycles. The Morgan fingerprint density at radius 1 is 0.938 bits per heavy atom. The Bertz CT molecular complexity index is 496. The zero-order chi connectivity index (χ0) is 11.4. The van der Waals surface area contributed by atoms with Gasteiger partial charge in [-0.1, -0.05) is 0 Å². The van der Waals surface area contributed by atoms with E-state index in [1.807, 2.05) is 54.6 Å². The second-order valence-electron chi connectivity index (χ2n) is 3.18. The molecule has 0 aliphatic rings. The summed E-state index contributed by atoms with van der Waals surface area (Å²) in [7, 11) is 0. The Balaban J connectivity index is 2.19. The van der Waals surface area contributed by atoms with E-state index in [0.29, 0.717) is 0 Å². The summed E-state index contributed by atoms with van der Waals surface area (Å²) in [5, 5.41) is 0. The van der Waals surface area contributed by atoms with Crippen LogP contribution < -0.4 is 3.61 Å². The summed E-state index contributed by atoms with van der Waals surface area (Å²) in [6.45, 7) is 0. The minimum atomic E-state index is -0.791. The molecular weight excluding hydrogens is 380 g/mol. The van der Waals surface area contributed by atoms with E-state index in [4.69, 9.17) is 0 Å². The third-order valence-electron chi connectivity index (χ3n) is 2.05. The van der Waals surface area contributed by atoms with Crippen molar-refractivity contribution in [3.63, 3.8) is 0 Å². The monoisotopic (exact) mass is 390 g/mol. The number of carbonyl (C=O) groups is 1. The van der Waals surface area contributed by atoms with E-state index in [1.165, 1.54) is 3.61 Å². The van der Waals surface area contributed by atoms with E-state index in [9.17, 15) is 4.79 Å². The molecule has 2 aromatic rings. The Hall–Kier alpha value is -0.620. The van der Waals surface area contributed by atoms with Gasteiger partial charge in [-0.05, 0) is 0 Å². The molecule has 0 amide bonds. The van der Waals surface area contributed by atoms with Gasteiger partial charge in [0.05, 0.1) is 0 Å². The van der Waals surface area contributed by atoms with Gasteiger partial charge in [-0.15, -0.1) is 0 Å². The van der Waals surface area contributed by atoms with Crippen LogP contribution in [0.4, 0.5) is 0 Å². The Labute approximate surface area is 113 Å². The van der Waals surface area contributed by atoms with Gasteiger partial charge in [0.25, 0.3) is 0 Å². The van der Waals surface area contributed by atoms with E-state index in [1.54, 1.807) is 0 Å². The summed E-state index contributed by atoms with van der Waals surface area (Å²) < 4.78 is 2.33. The second-order valence-corrected chi connectivity index (χ2v) is 7.02. The average Bonchev–Trinajstić information content (AvgIpc) is 2.31. The zero-order valence-corrected chi connectivity index (χ0v) is 12.3. The van der Waals surface area contributed by atoms with Gasteiger partial charge in [0.2, 0.25) is 0 Å². The van der Waals surface area contributed by atoms with Gasteiger partial charge in [-0.25, -0.2) is 0 Å². The quantitative estimate of drug-likeness (QED) is 0.739. The molecule has 0 fully saturated rings. The Morgan fingerprint density at radius 2 is 1.56 bits per heavy atom. The molecule has 0 radical (unpaired) electrons. The molecule has 0 saturated carbocycles. The molecule has 0 N–H and O–H groups in total. The molecule has 3 heteroatoms.